The van der Waals surface area contributed by atoms with E-state index in [4.69, 9.17) is 4.98 Å². The van der Waals surface area contributed by atoms with Gasteiger partial charge in [0.1, 0.15) is 10.5 Å². The Morgan fingerprint density at radius 1 is 1.41 bits per heavy atom. The minimum Gasteiger partial charge on any atom is -0.323 e. The molecule has 9 heteroatoms. The Labute approximate surface area is 171 Å². The first-order valence-electron chi connectivity index (χ1n) is 9.61. The summed E-state index contributed by atoms with van der Waals surface area (Å²) in [6.07, 6.45) is 10.2. The van der Waals surface area contributed by atoms with Crippen LogP contribution in [-0.4, -0.2) is 42.3 Å². The Kier molecular flexibility index (Phi) is 5.39. The second-order valence-electron chi connectivity index (χ2n) is 6.82. The number of rotatable bonds is 7. The molecule has 1 N–H and O–H groups in total. The quantitative estimate of drug-likeness (QED) is 0.474. The van der Waals surface area contributed by atoms with Crippen LogP contribution in [0.15, 0.2) is 40.4 Å². The fraction of sp³-hybridized carbons (Fsp3) is 0.350. The number of aromatic nitrogens is 6. The average molecular weight is 410 g/mol. The summed E-state index contributed by atoms with van der Waals surface area (Å²) in [5, 5.41) is 13.2. The van der Waals surface area contributed by atoms with Crippen molar-refractivity contribution >= 4 is 38.8 Å². The van der Waals surface area contributed by atoms with Gasteiger partial charge in [0, 0.05) is 36.5 Å². The second kappa shape index (κ2) is 8.12. The van der Waals surface area contributed by atoms with E-state index in [0.29, 0.717) is 18.6 Å². The molecular weight excluding hydrogens is 386 g/mol. The summed E-state index contributed by atoms with van der Waals surface area (Å²) >= 11 is 1.60. The molecule has 0 saturated heterocycles. The lowest BCUT2D eigenvalue weighted by molar-refractivity contribution is 0.593. The number of aryl methyl sites for hydroxylation is 1. The lowest BCUT2D eigenvalue weighted by Crippen LogP contribution is -2.25. The van der Waals surface area contributed by atoms with Crippen molar-refractivity contribution in [1.82, 2.24) is 29.5 Å². The number of hydrogen-bond donors (Lipinski definition) is 1. The zero-order valence-corrected chi connectivity index (χ0v) is 17.5. The van der Waals surface area contributed by atoms with Crippen molar-refractivity contribution in [1.29, 1.82) is 0 Å². The Bertz CT molecular complexity index is 1240. The van der Waals surface area contributed by atoms with Crippen LogP contribution in [0.1, 0.15) is 36.9 Å². The number of H-pyrrole nitrogens is 1. The molecule has 0 fully saturated rings. The number of hydrogen-bond acceptors (Lipinski definition) is 6. The lowest BCUT2D eigenvalue weighted by atomic mass is 10.1. The molecule has 4 aromatic heterocycles. The number of nitrogens with zero attached hydrogens (tertiary/aromatic N) is 6. The first-order chi connectivity index (χ1) is 14.1. The first-order valence-corrected chi connectivity index (χ1v) is 10.4. The van der Waals surface area contributed by atoms with Crippen LogP contribution in [-0.2, 0) is 13.6 Å². The summed E-state index contributed by atoms with van der Waals surface area (Å²) in [4.78, 5) is 22.1. The van der Waals surface area contributed by atoms with E-state index in [2.05, 4.69) is 34.1 Å². The molecule has 0 aromatic carbocycles. The minimum atomic E-state index is -0.113. The van der Waals surface area contributed by atoms with Crippen LogP contribution in [0.3, 0.4) is 0 Å². The molecule has 0 amide bonds. The molecule has 1 atom stereocenters. The van der Waals surface area contributed by atoms with Crippen molar-refractivity contribution in [2.45, 2.75) is 32.7 Å². The summed E-state index contributed by atoms with van der Waals surface area (Å²) in [6, 6.07) is 1.95. The van der Waals surface area contributed by atoms with Crippen molar-refractivity contribution in [3.8, 4) is 0 Å². The smallest absolute Gasteiger partial charge is 0.291 e. The molecule has 4 aromatic rings. The molecule has 29 heavy (non-hydrogen) atoms. The largest absolute Gasteiger partial charge is 0.323 e. The fourth-order valence-electron chi connectivity index (χ4n) is 3.28. The fourth-order valence-corrected chi connectivity index (χ4v) is 4.45. The second-order valence-corrected chi connectivity index (χ2v) is 7.85. The van der Waals surface area contributed by atoms with Crippen LogP contribution >= 0.6 is 11.3 Å². The number of fused-ring (bicyclic) bond motifs is 3. The molecule has 4 rings (SSSR count). The molecule has 0 unspecified atom stereocenters. The van der Waals surface area contributed by atoms with Crippen molar-refractivity contribution in [3.05, 3.63) is 51.7 Å². The van der Waals surface area contributed by atoms with Crippen molar-refractivity contribution in [2.75, 3.05) is 6.54 Å². The molecule has 0 aliphatic carbocycles. The van der Waals surface area contributed by atoms with Crippen molar-refractivity contribution in [2.24, 2.45) is 12.0 Å². The Morgan fingerprint density at radius 2 is 2.28 bits per heavy atom. The molecular formula is C20H23N7OS. The van der Waals surface area contributed by atoms with Gasteiger partial charge in [-0.1, -0.05) is 19.9 Å². The number of thiazole rings is 1. The Balaban J connectivity index is 1.66. The maximum atomic E-state index is 13.0. The van der Waals surface area contributed by atoms with E-state index in [1.807, 2.05) is 29.8 Å². The Hall–Kier alpha value is -3.07. The summed E-state index contributed by atoms with van der Waals surface area (Å²) in [5.74, 6) is 0.109. The predicted molar refractivity (Wildman–Crippen MR) is 117 cm³/mol. The van der Waals surface area contributed by atoms with E-state index >= 15 is 0 Å². The zero-order valence-electron chi connectivity index (χ0n) is 16.7. The third kappa shape index (κ3) is 3.53. The molecule has 0 spiro atoms. The minimum absolute atomic E-state index is 0.109. The van der Waals surface area contributed by atoms with Crippen molar-refractivity contribution < 1.29 is 0 Å². The number of aromatic amines is 1. The standard InChI is InChI=1S/C20H23N7OS/c1-4-5-6-8-21-10-11-27-20(28)16-14(12-23-27)17-18(26(16)3)24-19(29-17)13(2)15-7-9-22-25-15/h5-9,12-13H,4,10-11H2,1-3H3,(H,22,25)/b6-5-,21-8?/t13-/m1/s1. The van der Waals surface area contributed by atoms with Gasteiger partial charge in [-0.15, -0.1) is 11.3 Å². The molecule has 0 aliphatic heterocycles. The summed E-state index contributed by atoms with van der Waals surface area (Å²) in [6.45, 7) is 5.12. The van der Waals surface area contributed by atoms with Gasteiger partial charge in [-0.25, -0.2) is 9.67 Å². The van der Waals surface area contributed by atoms with E-state index in [-0.39, 0.29) is 11.5 Å². The molecule has 8 nitrogen and oxygen atoms in total. The van der Waals surface area contributed by atoms with Crippen LogP contribution in [0.25, 0.3) is 21.3 Å². The van der Waals surface area contributed by atoms with Crippen LogP contribution in [0.4, 0.5) is 0 Å². The molecule has 0 radical (unpaired) electrons. The third-order valence-corrected chi connectivity index (χ3v) is 6.17. The summed E-state index contributed by atoms with van der Waals surface area (Å²) < 4.78 is 4.34. The van der Waals surface area contributed by atoms with Crippen LogP contribution < -0.4 is 5.56 Å². The van der Waals surface area contributed by atoms with Gasteiger partial charge in [-0.2, -0.15) is 10.2 Å². The highest BCUT2D eigenvalue weighted by Gasteiger charge is 2.21. The summed E-state index contributed by atoms with van der Waals surface area (Å²) in [5.41, 5.74) is 2.34. The van der Waals surface area contributed by atoms with Gasteiger partial charge in [0.05, 0.1) is 24.0 Å². The molecule has 4 heterocycles. The van der Waals surface area contributed by atoms with Crippen molar-refractivity contribution in [3.63, 3.8) is 0 Å². The zero-order chi connectivity index (χ0) is 20.4. The van der Waals surface area contributed by atoms with Crippen LogP contribution in [0, 0.1) is 0 Å². The first kappa shape index (κ1) is 19.3. The van der Waals surface area contributed by atoms with Gasteiger partial charge in [0.25, 0.3) is 5.56 Å². The summed E-state index contributed by atoms with van der Waals surface area (Å²) in [7, 11) is 1.88. The highest BCUT2D eigenvalue weighted by molar-refractivity contribution is 7.19. The molecule has 0 saturated carbocycles. The van der Waals surface area contributed by atoms with E-state index in [1.165, 1.54) is 4.68 Å². The Morgan fingerprint density at radius 3 is 3.03 bits per heavy atom. The van der Waals surface area contributed by atoms with Gasteiger partial charge < -0.3 is 4.57 Å². The predicted octanol–water partition coefficient (Wildman–Crippen LogP) is 3.26. The molecule has 150 valence electrons. The van der Waals surface area contributed by atoms with E-state index in [9.17, 15) is 4.79 Å². The maximum Gasteiger partial charge on any atom is 0.291 e. The monoisotopic (exact) mass is 409 g/mol. The van der Waals surface area contributed by atoms with Gasteiger partial charge in [-0.3, -0.25) is 14.9 Å². The van der Waals surface area contributed by atoms with Crippen LogP contribution in [0.2, 0.25) is 0 Å². The molecule has 0 bridgehead atoms. The van der Waals surface area contributed by atoms with E-state index in [0.717, 1.165) is 32.9 Å². The van der Waals surface area contributed by atoms with Crippen LogP contribution in [0.5, 0.6) is 0 Å². The maximum absolute atomic E-state index is 13.0. The van der Waals surface area contributed by atoms with Gasteiger partial charge in [0.2, 0.25) is 0 Å². The molecule has 0 aliphatic rings. The number of allylic oxidation sites excluding steroid dienone is 2. The highest BCUT2D eigenvalue weighted by atomic mass is 32.1. The van der Waals surface area contributed by atoms with E-state index in [1.54, 1.807) is 29.9 Å². The van der Waals surface area contributed by atoms with Gasteiger partial charge >= 0.3 is 0 Å². The number of nitrogens with one attached hydrogen (secondary N) is 1. The third-order valence-electron chi connectivity index (χ3n) is 4.91. The number of aliphatic imine (C=N–C) groups is 1. The van der Waals surface area contributed by atoms with E-state index < -0.39 is 0 Å². The van der Waals surface area contributed by atoms with Gasteiger partial charge in [0.15, 0.2) is 5.65 Å². The van der Waals surface area contributed by atoms with Gasteiger partial charge in [-0.05, 0) is 18.6 Å². The average Bonchev–Trinajstić information content (AvgIpc) is 3.44. The lowest BCUT2D eigenvalue weighted by Gasteiger charge is -2.05. The topological polar surface area (TPSA) is 93.8 Å². The highest BCUT2D eigenvalue weighted by Crippen LogP contribution is 2.35. The SMILES string of the molecule is CC/C=C\C=NCCn1ncc2c3sc([C@H](C)c4ccn[nH]4)nc3n(C)c2c1=O. The normalized spacial score (nSPS) is 13.5.